The second-order valence-electron chi connectivity index (χ2n) is 6.38. The van der Waals surface area contributed by atoms with E-state index in [2.05, 4.69) is 20.6 Å². The third-order valence-corrected chi connectivity index (χ3v) is 4.25. The summed E-state index contributed by atoms with van der Waals surface area (Å²) in [6, 6.07) is 9.94. The molecule has 0 fully saturated rings. The van der Waals surface area contributed by atoms with Crippen molar-refractivity contribution in [1.82, 2.24) is 4.98 Å². The fraction of sp³-hybridized carbons (Fsp3) is 0.0476. The van der Waals surface area contributed by atoms with Crippen molar-refractivity contribution < 1.29 is 18.4 Å². The lowest BCUT2D eigenvalue weighted by molar-refractivity contribution is 0.102. The van der Waals surface area contributed by atoms with Gasteiger partial charge in [0.2, 0.25) is 0 Å². The normalized spacial score (nSPS) is 11.1. The predicted octanol–water partition coefficient (Wildman–Crippen LogP) is 1.99. The zero-order valence-corrected chi connectivity index (χ0v) is 16.3. The molecule has 7 nitrogen and oxygen atoms in total. The summed E-state index contributed by atoms with van der Waals surface area (Å²) in [5.74, 6) is -2.80. The van der Waals surface area contributed by atoms with Crippen LogP contribution in [0, 0.1) is 11.6 Å². The SMILES string of the molecule is [B]c1ccc(NC(=O)c2cc(F)ccc2NC(=O)c2ccc(C(N)=NC)cc2F)nc1. The molecule has 2 aromatic carbocycles. The minimum atomic E-state index is -0.833. The number of nitrogens with zero attached hydrogens (tertiary/aromatic N) is 2. The molecule has 10 heteroatoms. The lowest BCUT2D eigenvalue weighted by Gasteiger charge is -2.12. The topological polar surface area (TPSA) is 109 Å². The highest BCUT2D eigenvalue weighted by atomic mass is 19.1. The van der Waals surface area contributed by atoms with Crippen LogP contribution in [-0.4, -0.2) is 37.5 Å². The van der Waals surface area contributed by atoms with E-state index in [0.717, 1.165) is 18.2 Å². The fourth-order valence-corrected chi connectivity index (χ4v) is 2.65. The predicted molar refractivity (Wildman–Crippen MR) is 115 cm³/mol. The molecule has 3 aromatic rings. The number of nitrogens with two attached hydrogens (primary N) is 1. The van der Waals surface area contributed by atoms with Gasteiger partial charge in [0.1, 0.15) is 31.1 Å². The molecule has 0 saturated carbocycles. The van der Waals surface area contributed by atoms with Crippen molar-refractivity contribution in [1.29, 1.82) is 0 Å². The van der Waals surface area contributed by atoms with Crippen LogP contribution in [0.2, 0.25) is 0 Å². The Hall–Kier alpha value is -4.08. The van der Waals surface area contributed by atoms with E-state index in [1.807, 2.05) is 0 Å². The van der Waals surface area contributed by atoms with E-state index in [4.69, 9.17) is 13.6 Å². The molecular weight excluding hydrogens is 403 g/mol. The number of rotatable bonds is 5. The molecule has 0 bridgehead atoms. The van der Waals surface area contributed by atoms with Crippen molar-refractivity contribution in [3.05, 3.63) is 83.1 Å². The number of amidine groups is 1. The fourth-order valence-electron chi connectivity index (χ4n) is 2.65. The minimum Gasteiger partial charge on any atom is -0.384 e. The Labute approximate surface area is 177 Å². The number of aliphatic imine (C=N–C) groups is 1. The number of nitrogens with one attached hydrogen (secondary N) is 2. The number of amides is 2. The van der Waals surface area contributed by atoms with Gasteiger partial charge in [-0.25, -0.2) is 13.8 Å². The van der Waals surface area contributed by atoms with Crippen LogP contribution in [-0.2, 0) is 0 Å². The Bertz CT molecular complexity index is 1180. The van der Waals surface area contributed by atoms with Gasteiger partial charge in [-0.15, -0.1) is 0 Å². The van der Waals surface area contributed by atoms with Gasteiger partial charge in [-0.05, 0) is 36.4 Å². The van der Waals surface area contributed by atoms with Crippen molar-refractivity contribution >= 4 is 42.5 Å². The van der Waals surface area contributed by atoms with Crippen LogP contribution in [0.1, 0.15) is 26.3 Å². The van der Waals surface area contributed by atoms with Gasteiger partial charge in [0, 0.05) is 18.8 Å². The molecule has 4 N–H and O–H groups in total. The summed E-state index contributed by atoms with van der Waals surface area (Å²) in [6.07, 6.45) is 1.34. The summed E-state index contributed by atoms with van der Waals surface area (Å²) in [5, 5.41) is 4.90. The Morgan fingerprint density at radius 3 is 2.39 bits per heavy atom. The Kier molecular flexibility index (Phi) is 6.39. The van der Waals surface area contributed by atoms with Crippen LogP contribution in [0.3, 0.4) is 0 Å². The zero-order chi connectivity index (χ0) is 22.5. The molecule has 154 valence electrons. The van der Waals surface area contributed by atoms with Crippen molar-refractivity contribution in [2.24, 2.45) is 10.7 Å². The summed E-state index contributed by atoms with van der Waals surface area (Å²) in [6.45, 7) is 0. The smallest absolute Gasteiger partial charge is 0.259 e. The molecular formula is C21H16BF2N5O2. The van der Waals surface area contributed by atoms with Gasteiger partial charge < -0.3 is 16.4 Å². The molecule has 0 saturated heterocycles. The molecule has 0 aliphatic heterocycles. The first-order chi connectivity index (χ1) is 14.8. The van der Waals surface area contributed by atoms with E-state index >= 15 is 0 Å². The number of hydrogen-bond donors (Lipinski definition) is 3. The zero-order valence-electron chi connectivity index (χ0n) is 16.3. The van der Waals surface area contributed by atoms with E-state index < -0.39 is 23.4 Å². The maximum absolute atomic E-state index is 14.4. The first-order valence-corrected chi connectivity index (χ1v) is 8.94. The Balaban J connectivity index is 1.86. The van der Waals surface area contributed by atoms with Gasteiger partial charge in [-0.1, -0.05) is 17.6 Å². The van der Waals surface area contributed by atoms with Crippen LogP contribution in [0.15, 0.2) is 59.7 Å². The number of anilines is 2. The minimum absolute atomic E-state index is 0.0162. The third-order valence-electron chi connectivity index (χ3n) is 4.25. The van der Waals surface area contributed by atoms with Gasteiger partial charge in [-0.2, -0.15) is 0 Å². The summed E-state index contributed by atoms with van der Waals surface area (Å²) < 4.78 is 28.2. The van der Waals surface area contributed by atoms with Crippen molar-refractivity contribution in [3.63, 3.8) is 0 Å². The van der Waals surface area contributed by atoms with Gasteiger partial charge >= 0.3 is 0 Å². The average Bonchev–Trinajstić information content (AvgIpc) is 2.75. The number of aromatic nitrogens is 1. The number of carbonyl (C=O) groups excluding carboxylic acids is 2. The van der Waals surface area contributed by atoms with Crippen LogP contribution < -0.4 is 21.8 Å². The van der Waals surface area contributed by atoms with E-state index in [0.29, 0.717) is 11.0 Å². The quantitative estimate of drug-likeness (QED) is 0.334. The summed E-state index contributed by atoms with van der Waals surface area (Å²) in [7, 11) is 7.01. The van der Waals surface area contributed by atoms with Crippen LogP contribution >= 0.6 is 0 Å². The maximum Gasteiger partial charge on any atom is 0.259 e. The number of hydrogen-bond acceptors (Lipinski definition) is 4. The molecule has 3 rings (SSSR count). The number of halogens is 2. The summed E-state index contributed by atoms with van der Waals surface area (Å²) in [4.78, 5) is 32.9. The van der Waals surface area contributed by atoms with E-state index in [1.54, 1.807) is 0 Å². The van der Waals surface area contributed by atoms with Gasteiger partial charge in [0.15, 0.2) is 0 Å². The van der Waals surface area contributed by atoms with Gasteiger partial charge in [0.25, 0.3) is 11.8 Å². The molecule has 31 heavy (non-hydrogen) atoms. The van der Waals surface area contributed by atoms with Gasteiger partial charge in [-0.3, -0.25) is 14.6 Å². The largest absolute Gasteiger partial charge is 0.384 e. The number of pyridine rings is 1. The average molecular weight is 419 g/mol. The van der Waals surface area contributed by atoms with Crippen molar-refractivity contribution in [2.75, 3.05) is 17.7 Å². The number of benzene rings is 2. The monoisotopic (exact) mass is 419 g/mol. The highest BCUT2D eigenvalue weighted by molar-refractivity contribution is 6.32. The van der Waals surface area contributed by atoms with Crippen LogP contribution in [0.25, 0.3) is 0 Å². The van der Waals surface area contributed by atoms with Crippen LogP contribution in [0.5, 0.6) is 0 Å². The third kappa shape index (κ3) is 5.10. The van der Waals surface area contributed by atoms with Crippen LogP contribution in [0.4, 0.5) is 20.3 Å². The second kappa shape index (κ2) is 9.16. The van der Waals surface area contributed by atoms with Crippen molar-refractivity contribution in [2.45, 2.75) is 0 Å². The molecule has 0 aliphatic carbocycles. The number of carbonyl (C=O) groups is 2. The van der Waals surface area contributed by atoms with Crippen molar-refractivity contribution in [3.8, 4) is 0 Å². The maximum atomic E-state index is 14.4. The Morgan fingerprint density at radius 1 is 1.00 bits per heavy atom. The molecule has 0 atom stereocenters. The molecule has 2 radical (unpaired) electrons. The molecule has 0 aliphatic rings. The first-order valence-electron chi connectivity index (χ1n) is 8.94. The second-order valence-corrected chi connectivity index (χ2v) is 6.38. The first kappa shape index (κ1) is 21.6. The van der Waals surface area contributed by atoms with E-state index in [1.165, 1.54) is 43.6 Å². The highest BCUT2D eigenvalue weighted by Crippen LogP contribution is 2.21. The summed E-state index contributed by atoms with van der Waals surface area (Å²) >= 11 is 0. The molecule has 2 amide bonds. The molecule has 0 spiro atoms. The van der Waals surface area contributed by atoms with Gasteiger partial charge in [0.05, 0.1) is 16.8 Å². The molecule has 1 heterocycles. The molecule has 1 aromatic heterocycles. The lowest BCUT2D eigenvalue weighted by atomic mass is 9.99. The summed E-state index contributed by atoms with van der Waals surface area (Å²) in [5.41, 5.74) is 5.88. The lowest BCUT2D eigenvalue weighted by Crippen LogP contribution is -2.20. The Morgan fingerprint density at radius 2 is 1.74 bits per heavy atom. The molecule has 0 unspecified atom stereocenters. The highest BCUT2D eigenvalue weighted by Gasteiger charge is 2.18. The van der Waals surface area contributed by atoms with E-state index in [9.17, 15) is 18.4 Å². The standard InChI is InChI=1S/C21H16BF2N5O2/c1-26-19(25)11-2-5-14(16(24)8-11)20(30)28-17-6-4-13(23)9-15(17)21(31)29-18-7-3-12(22)10-27-18/h2-10H,1H3,(H2,25,26)(H,28,30)(H,27,29,31). The van der Waals surface area contributed by atoms with E-state index in [-0.39, 0.29) is 28.5 Å².